The zero-order chi connectivity index (χ0) is 15.4. The van der Waals surface area contributed by atoms with Crippen LogP contribution >= 0.6 is 12.4 Å². The number of rotatable bonds is 4. The van der Waals surface area contributed by atoms with E-state index in [1.165, 1.54) is 24.8 Å². The van der Waals surface area contributed by atoms with Crippen LogP contribution in [0.25, 0.3) is 0 Å². The number of likely N-dealkylation sites (N-methyl/N-ethyl adjacent to an activating group) is 1. The average Bonchev–Trinajstić information content (AvgIpc) is 2.46. The molecule has 0 aromatic heterocycles. The number of halogens is 1. The molecule has 2 unspecified atom stereocenters. The second kappa shape index (κ2) is 5.89. The maximum Gasteiger partial charge on any atom is 0.152 e. The van der Waals surface area contributed by atoms with Crippen LogP contribution < -0.4 is 0 Å². The van der Waals surface area contributed by atoms with Crippen molar-refractivity contribution in [1.82, 2.24) is 4.90 Å². The highest BCUT2D eigenvalue weighted by molar-refractivity contribution is 5.87. The maximum atomic E-state index is 13.0. The van der Waals surface area contributed by atoms with E-state index in [0.717, 1.165) is 31.1 Å². The zero-order valence-electron chi connectivity index (χ0n) is 14.3. The van der Waals surface area contributed by atoms with Crippen molar-refractivity contribution in [1.29, 1.82) is 0 Å². The normalized spacial score (nSPS) is 37.7. The van der Waals surface area contributed by atoms with Gasteiger partial charge in [0.2, 0.25) is 0 Å². The Labute approximate surface area is 146 Å². The first kappa shape index (κ1) is 17.0. The SMILES string of the molecule is CN(C)CC(=O)C12CC3CC(C1)CC(c1ccccc1)(C3)C2.Cl. The monoisotopic (exact) mass is 333 g/mol. The van der Waals surface area contributed by atoms with Crippen LogP contribution in [0.1, 0.15) is 44.1 Å². The molecule has 1 aromatic rings. The number of nitrogens with zero attached hydrogens (tertiary/aromatic N) is 1. The van der Waals surface area contributed by atoms with Crippen molar-refractivity contribution in [2.24, 2.45) is 17.3 Å². The number of ketones is 1. The number of Topliss-reactive ketones (excluding diaryl/α,β-unsaturated/α-hetero) is 1. The topological polar surface area (TPSA) is 20.3 Å². The number of hydrogen-bond donors (Lipinski definition) is 0. The lowest BCUT2D eigenvalue weighted by Gasteiger charge is -2.62. The summed E-state index contributed by atoms with van der Waals surface area (Å²) < 4.78 is 0. The van der Waals surface area contributed by atoms with Crippen LogP contribution in [-0.2, 0) is 10.2 Å². The van der Waals surface area contributed by atoms with Crippen molar-refractivity contribution >= 4 is 18.2 Å². The molecule has 0 heterocycles. The summed E-state index contributed by atoms with van der Waals surface area (Å²) in [6.07, 6.45) is 7.40. The van der Waals surface area contributed by atoms with Crippen molar-refractivity contribution in [3.63, 3.8) is 0 Å². The molecule has 1 aromatic carbocycles. The van der Waals surface area contributed by atoms with Crippen molar-refractivity contribution in [3.05, 3.63) is 35.9 Å². The Bertz CT molecular complexity index is 569. The third-order valence-corrected chi connectivity index (χ3v) is 6.50. The fourth-order valence-electron chi connectivity index (χ4n) is 6.17. The molecule has 2 atom stereocenters. The second-order valence-electron chi connectivity index (χ2n) is 8.55. The fourth-order valence-corrected chi connectivity index (χ4v) is 6.17. The highest BCUT2D eigenvalue weighted by atomic mass is 35.5. The summed E-state index contributed by atoms with van der Waals surface area (Å²) >= 11 is 0. The predicted octanol–water partition coefficient (Wildman–Crippen LogP) is 4.08. The molecule has 0 spiro atoms. The van der Waals surface area contributed by atoms with Gasteiger partial charge in [-0.2, -0.15) is 0 Å². The van der Waals surface area contributed by atoms with E-state index in [2.05, 4.69) is 35.2 Å². The molecule has 0 N–H and O–H groups in total. The molecule has 23 heavy (non-hydrogen) atoms. The summed E-state index contributed by atoms with van der Waals surface area (Å²) in [6.45, 7) is 0.615. The van der Waals surface area contributed by atoms with Gasteiger partial charge in [0.25, 0.3) is 0 Å². The van der Waals surface area contributed by atoms with Crippen LogP contribution in [0.2, 0.25) is 0 Å². The fraction of sp³-hybridized carbons (Fsp3) is 0.650. The molecule has 4 aliphatic carbocycles. The highest BCUT2D eigenvalue weighted by Crippen LogP contribution is 2.65. The number of carbonyl (C=O) groups excluding carboxylic acids is 1. The molecule has 4 aliphatic rings. The van der Waals surface area contributed by atoms with Crippen LogP contribution in [0.4, 0.5) is 0 Å². The molecule has 4 saturated carbocycles. The second-order valence-corrected chi connectivity index (χ2v) is 8.55. The van der Waals surface area contributed by atoms with Gasteiger partial charge in [0, 0.05) is 5.41 Å². The Hall–Kier alpha value is -0.860. The molecule has 2 nitrogen and oxygen atoms in total. The predicted molar refractivity (Wildman–Crippen MR) is 96.0 cm³/mol. The first-order chi connectivity index (χ1) is 10.5. The molecule has 4 bridgehead atoms. The summed E-state index contributed by atoms with van der Waals surface area (Å²) in [5.74, 6) is 2.05. The molecule has 4 fully saturated rings. The summed E-state index contributed by atoms with van der Waals surface area (Å²) in [6, 6.07) is 11.1. The van der Waals surface area contributed by atoms with Gasteiger partial charge >= 0.3 is 0 Å². The van der Waals surface area contributed by atoms with E-state index >= 15 is 0 Å². The number of carbonyl (C=O) groups is 1. The number of hydrogen-bond acceptors (Lipinski definition) is 2. The van der Waals surface area contributed by atoms with Crippen molar-refractivity contribution in [2.45, 2.75) is 43.9 Å². The first-order valence-electron chi connectivity index (χ1n) is 8.75. The summed E-state index contributed by atoms with van der Waals surface area (Å²) in [7, 11) is 4.04. The zero-order valence-corrected chi connectivity index (χ0v) is 15.1. The van der Waals surface area contributed by atoms with Crippen LogP contribution in [0, 0.1) is 17.3 Å². The van der Waals surface area contributed by atoms with E-state index in [1.54, 1.807) is 0 Å². The first-order valence-corrected chi connectivity index (χ1v) is 8.75. The average molecular weight is 334 g/mol. The number of benzene rings is 1. The van der Waals surface area contributed by atoms with Crippen molar-refractivity contribution in [3.8, 4) is 0 Å². The minimum atomic E-state index is -0.0236. The van der Waals surface area contributed by atoms with E-state index < -0.39 is 0 Å². The summed E-state index contributed by atoms with van der Waals surface area (Å²) in [5, 5.41) is 0. The standard InChI is InChI=1S/C20H27NO.ClH/c1-21(2)13-18(22)20-11-15-8-16(12-20)10-19(9-15,14-20)17-6-4-3-5-7-17;/h3-7,15-16H,8-14H2,1-2H3;1H. The summed E-state index contributed by atoms with van der Waals surface area (Å²) in [4.78, 5) is 15.1. The Balaban J connectivity index is 0.00000156. The van der Waals surface area contributed by atoms with E-state index in [9.17, 15) is 4.79 Å². The van der Waals surface area contributed by atoms with Crippen LogP contribution in [0.5, 0.6) is 0 Å². The van der Waals surface area contributed by atoms with Crippen LogP contribution in [0.15, 0.2) is 30.3 Å². The molecule has 0 amide bonds. The lowest BCUT2D eigenvalue weighted by atomic mass is 9.42. The van der Waals surface area contributed by atoms with E-state index in [0.29, 0.717) is 12.3 Å². The van der Waals surface area contributed by atoms with Gasteiger partial charge in [-0.15, -0.1) is 12.4 Å². The molecule has 0 radical (unpaired) electrons. The van der Waals surface area contributed by atoms with Gasteiger partial charge in [-0.25, -0.2) is 0 Å². The minimum Gasteiger partial charge on any atom is -0.302 e. The van der Waals surface area contributed by atoms with E-state index in [1.807, 2.05) is 14.1 Å². The molecular weight excluding hydrogens is 306 g/mol. The van der Waals surface area contributed by atoms with Gasteiger partial charge in [-0.05, 0) is 75.4 Å². The Morgan fingerprint density at radius 2 is 1.70 bits per heavy atom. The summed E-state index contributed by atoms with van der Waals surface area (Å²) in [5.41, 5.74) is 1.75. The van der Waals surface area contributed by atoms with Crippen molar-refractivity contribution < 1.29 is 4.79 Å². The van der Waals surface area contributed by atoms with Gasteiger partial charge in [-0.3, -0.25) is 4.79 Å². The lowest BCUT2D eigenvalue weighted by molar-refractivity contribution is -0.147. The molecule has 5 rings (SSSR count). The molecular formula is C20H28ClNO. The third kappa shape index (κ3) is 2.74. The van der Waals surface area contributed by atoms with Crippen LogP contribution in [0.3, 0.4) is 0 Å². The lowest BCUT2D eigenvalue weighted by Crippen LogP contribution is -2.57. The van der Waals surface area contributed by atoms with E-state index in [-0.39, 0.29) is 23.2 Å². The molecule has 126 valence electrons. The van der Waals surface area contributed by atoms with Gasteiger partial charge in [0.05, 0.1) is 6.54 Å². The Kier molecular flexibility index (Phi) is 4.35. The maximum absolute atomic E-state index is 13.0. The largest absolute Gasteiger partial charge is 0.302 e. The van der Waals surface area contributed by atoms with Gasteiger partial charge in [0.15, 0.2) is 5.78 Å². The van der Waals surface area contributed by atoms with E-state index in [4.69, 9.17) is 0 Å². The smallest absolute Gasteiger partial charge is 0.152 e. The molecule has 3 heteroatoms. The van der Waals surface area contributed by atoms with Gasteiger partial charge in [0.1, 0.15) is 0 Å². The quantitative estimate of drug-likeness (QED) is 0.827. The van der Waals surface area contributed by atoms with Crippen molar-refractivity contribution in [2.75, 3.05) is 20.6 Å². The Morgan fingerprint density at radius 1 is 1.09 bits per heavy atom. The third-order valence-electron chi connectivity index (χ3n) is 6.50. The van der Waals surface area contributed by atoms with Crippen LogP contribution in [-0.4, -0.2) is 31.3 Å². The van der Waals surface area contributed by atoms with Gasteiger partial charge < -0.3 is 4.90 Å². The molecule has 0 saturated heterocycles. The minimum absolute atomic E-state index is 0. The molecule has 0 aliphatic heterocycles. The van der Waals surface area contributed by atoms with Gasteiger partial charge in [-0.1, -0.05) is 30.3 Å². The Morgan fingerprint density at radius 3 is 2.26 bits per heavy atom. The highest BCUT2D eigenvalue weighted by Gasteiger charge is 2.60.